The molecule has 192 valence electrons. The Morgan fingerprint density at radius 2 is 1.38 bits per heavy atom. The Morgan fingerprint density at radius 3 is 1.94 bits per heavy atom. The van der Waals surface area contributed by atoms with Gasteiger partial charge in [-0.1, -0.05) is 19.6 Å². The van der Waals surface area contributed by atoms with Crippen LogP contribution in [-0.4, -0.2) is 63.1 Å². The van der Waals surface area contributed by atoms with Crippen LogP contribution in [0.5, 0.6) is 0 Å². The molecule has 1 aliphatic carbocycles. The van der Waals surface area contributed by atoms with Gasteiger partial charge < -0.3 is 29.6 Å². The van der Waals surface area contributed by atoms with Crippen LogP contribution in [0.3, 0.4) is 0 Å². The topological polar surface area (TPSA) is 129 Å². The molecule has 2 amide bonds. The first kappa shape index (κ1) is 29.0. The fourth-order valence-corrected chi connectivity index (χ4v) is 3.35. The average molecular weight is 483 g/mol. The number of carbonyl (C=O) groups is 4. The van der Waals surface area contributed by atoms with Gasteiger partial charge in [0.15, 0.2) is 0 Å². The van der Waals surface area contributed by atoms with Crippen molar-refractivity contribution in [1.29, 1.82) is 0 Å². The number of amides is 2. The summed E-state index contributed by atoms with van der Waals surface area (Å²) in [4.78, 5) is 46.5. The van der Waals surface area contributed by atoms with E-state index in [1.54, 1.807) is 20.8 Å². The molecule has 0 bridgehead atoms. The maximum Gasteiger partial charge on any atom is 0.407 e. The van der Waals surface area contributed by atoms with E-state index in [-0.39, 0.29) is 31.3 Å². The van der Waals surface area contributed by atoms with Gasteiger partial charge in [-0.15, -0.1) is 0 Å². The summed E-state index contributed by atoms with van der Waals surface area (Å²) in [5, 5.41) is 5.52. The van der Waals surface area contributed by atoms with Crippen LogP contribution in [0, 0.1) is 11.8 Å². The highest BCUT2D eigenvalue weighted by atomic mass is 16.6. The molecule has 0 aliphatic heterocycles. The molecule has 0 saturated heterocycles. The summed E-state index contributed by atoms with van der Waals surface area (Å²) in [5.41, 5.74) is 0.611. The lowest BCUT2D eigenvalue weighted by Crippen LogP contribution is -2.36. The molecule has 1 fully saturated rings. The molecular weight excluding hydrogens is 444 g/mol. The molecule has 0 aromatic carbocycles. The molecule has 0 radical (unpaired) electrons. The van der Waals surface area contributed by atoms with Crippen molar-refractivity contribution in [2.45, 2.75) is 59.0 Å². The minimum Gasteiger partial charge on any atom is -0.462 e. The molecule has 0 heterocycles. The Balaban J connectivity index is 2.17. The third kappa shape index (κ3) is 12.9. The van der Waals surface area contributed by atoms with Crippen molar-refractivity contribution in [1.82, 2.24) is 10.6 Å². The van der Waals surface area contributed by atoms with Gasteiger partial charge in [0.2, 0.25) is 0 Å². The quantitative estimate of drug-likeness (QED) is 0.177. The molecule has 1 rings (SSSR count). The van der Waals surface area contributed by atoms with Crippen LogP contribution >= 0.6 is 0 Å². The van der Waals surface area contributed by atoms with E-state index in [2.05, 4.69) is 23.8 Å². The van der Waals surface area contributed by atoms with Gasteiger partial charge >= 0.3 is 24.1 Å². The Bertz CT molecular complexity index is 736. The van der Waals surface area contributed by atoms with Gasteiger partial charge in [-0.25, -0.2) is 19.2 Å². The normalized spacial score (nSPS) is 18.1. The highest BCUT2D eigenvalue weighted by molar-refractivity contribution is 5.87. The van der Waals surface area contributed by atoms with Gasteiger partial charge in [-0.2, -0.15) is 0 Å². The minimum atomic E-state index is -0.564. The zero-order valence-corrected chi connectivity index (χ0v) is 20.5. The van der Waals surface area contributed by atoms with Crippen molar-refractivity contribution in [2.75, 3.05) is 32.9 Å². The summed E-state index contributed by atoms with van der Waals surface area (Å²) in [5.74, 6) is -0.405. The summed E-state index contributed by atoms with van der Waals surface area (Å²) >= 11 is 0. The van der Waals surface area contributed by atoms with Crippen LogP contribution in [0.1, 0.15) is 52.9 Å². The predicted molar refractivity (Wildman–Crippen MR) is 125 cm³/mol. The average Bonchev–Trinajstić information content (AvgIpc) is 2.79. The van der Waals surface area contributed by atoms with Gasteiger partial charge in [0.1, 0.15) is 12.7 Å². The Labute approximate surface area is 201 Å². The summed E-state index contributed by atoms with van der Waals surface area (Å²) in [6.45, 7) is 13.0. The van der Waals surface area contributed by atoms with Crippen molar-refractivity contribution in [2.24, 2.45) is 11.8 Å². The molecule has 34 heavy (non-hydrogen) atoms. The zero-order valence-electron chi connectivity index (χ0n) is 20.5. The van der Waals surface area contributed by atoms with Crippen molar-refractivity contribution in [3.63, 3.8) is 0 Å². The molecule has 3 atom stereocenters. The molecule has 1 aliphatic rings. The molecule has 0 aromatic heterocycles. The van der Waals surface area contributed by atoms with E-state index in [9.17, 15) is 19.2 Å². The maximum atomic E-state index is 11.9. The summed E-state index contributed by atoms with van der Waals surface area (Å²) < 4.78 is 20.2. The van der Waals surface area contributed by atoms with Crippen molar-refractivity contribution >= 4 is 24.1 Å². The van der Waals surface area contributed by atoms with Crippen molar-refractivity contribution in [3.05, 3.63) is 24.3 Å². The third-order valence-corrected chi connectivity index (χ3v) is 5.17. The van der Waals surface area contributed by atoms with E-state index >= 15 is 0 Å². The van der Waals surface area contributed by atoms with E-state index in [4.69, 9.17) is 18.9 Å². The maximum absolute atomic E-state index is 11.9. The molecule has 10 nitrogen and oxygen atoms in total. The van der Waals surface area contributed by atoms with Gasteiger partial charge in [-0.3, -0.25) is 0 Å². The van der Waals surface area contributed by atoms with E-state index in [0.29, 0.717) is 31.0 Å². The smallest absolute Gasteiger partial charge is 0.407 e. The largest absolute Gasteiger partial charge is 0.462 e. The van der Waals surface area contributed by atoms with Gasteiger partial charge in [0.25, 0.3) is 0 Å². The number of nitrogens with one attached hydrogen (secondary N) is 2. The molecule has 1 saturated carbocycles. The molecular formula is C24H38N2O8. The standard InChI is InChI=1S/C24H38N2O8/c1-16(2)21(27)31-10-7-11-32-23(29)25-13-19-8-6-9-20(12-19)14-26-24(30)33-15-18(5)34-22(28)17(3)4/h18-20H,1,3,6-15H2,2,4-5H3,(H,25,29)(H,26,30). The van der Waals surface area contributed by atoms with Crippen LogP contribution in [0.25, 0.3) is 0 Å². The first-order chi connectivity index (χ1) is 16.1. The molecule has 2 N–H and O–H groups in total. The third-order valence-electron chi connectivity index (χ3n) is 5.17. The number of esters is 2. The first-order valence-corrected chi connectivity index (χ1v) is 11.6. The van der Waals surface area contributed by atoms with Crippen LogP contribution in [-0.2, 0) is 28.5 Å². The lowest BCUT2D eigenvalue weighted by Gasteiger charge is -2.29. The van der Waals surface area contributed by atoms with Crippen LogP contribution in [0.4, 0.5) is 9.59 Å². The van der Waals surface area contributed by atoms with E-state index in [1.807, 2.05) is 0 Å². The number of ether oxygens (including phenoxy) is 4. The number of hydrogen-bond acceptors (Lipinski definition) is 8. The Hall–Kier alpha value is -3.04. The van der Waals surface area contributed by atoms with Gasteiger partial charge in [-0.05, 0) is 51.9 Å². The number of hydrogen-bond donors (Lipinski definition) is 2. The fourth-order valence-electron chi connectivity index (χ4n) is 3.35. The Kier molecular flexibility index (Phi) is 13.4. The zero-order chi connectivity index (χ0) is 25.5. The van der Waals surface area contributed by atoms with E-state index in [0.717, 1.165) is 25.7 Å². The van der Waals surface area contributed by atoms with Crippen LogP contribution in [0.2, 0.25) is 0 Å². The Morgan fingerprint density at radius 1 is 0.853 bits per heavy atom. The monoisotopic (exact) mass is 482 g/mol. The minimum absolute atomic E-state index is 0.0412. The van der Waals surface area contributed by atoms with Gasteiger partial charge in [0, 0.05) is 30.7 Å². The molecule has 0 spiro atoms. The summed E-state index contributed by atoms with van der Waals surface area (Å²) in [6.07, 6.45) is 2.63. The fraction of sp³-hybridized carbons (Fsp3) is 0.667. The summed E-state index contributed by atoms with van der Waals surface area (Å²) in [7, 11) is 0. The molecule has 0 aromatic rings. The summed E-state index contributed by atoms with van der Waals surface area (Å²) in [6, 6.07) is 0. The second-order valence-corrected chi connectivity index (χ2v) is 8.66. The highest BCUT2D eigenvalue weighted by Gasteiger charge is 2.23. The number of alkyl carbamates (subject to hydrolysis) is 2. The first-order valence-electron chi connectivity index (χ1n) is 11.6. The van der Waals surface area contributed by atoms with E-state index in [1.165, 1.54) is 0 Å². The van der Waals surface area contributed by atoms with Crippen LogP contribution < -0.4 is 10.6 Å². The van der Waals surface area contributed by atoms with E-state index < -0.39 is 30.2 Å². The van der Waals surface area contributed by atoms with Crippen molar-refractivity contribution < 1.29 is 38.1 Å². The van der Waals surface area contributed by atoms with Gasteiger partial charge in [0.05, 0.1) is 13.2 Å². The second-order valence-electron chi connectivity index (χ2n) is 8.66. The highest BCUT2D eigenvalue weighted by Crippen LogP contribution is 2.28. The van der Waals surface area contributed by atoms with Crippen molar-refractivity contribution in [3.8, 4) is 0 Å². The SMILES string of the molecule is C=C(C)C(=O)OCCCOC(=O)NCC1CCCC(CNC(=O)OCC(C)OC(=O)C(=C)C)C1. The molecule has 3 unspecified atom stereocenters. The lowest BCUT2D eigenvalue weighted by atomic mass is 9.81. The predicted octanol–water partition coefficient (Wildman–Crippen LogP) is 3.26. The lowest BCUT2D eigenvalue weighted by molar-refractivity contribution is -0.145. The molecule has 10 heteroatoms. The number of carbonyl (C=O) groups excluding carboxylic acids is 4. The number of rotatable bonds is 13. The second kappa shape index (κ2) is 15.7. The van der Waals surface area contributed by atoms with Crippen LogP contribution in [0.15, 0.2) is 24.3 Å².